The molecule has 0 unspecified atom stereocenters. The molecule has 0 heterocycles. The second-order valence-electron chi connectivity index (χ2n) is 4.31. The summed E-state index contributed by atoms with van der Waals surface area (Å²) in [6.45, 7) is 2.48. The fraction of sp³-hybridized carbons (Fsp3) is 0.615. The Kier molecular flexibility index (Phi) is 5.69. The van der Waals surface area contributed by atoms with Crippen molar-refractivity contribution >= 4 is 17.9 Å². The fourth-order valence-corrected chi connectivity index (χ4v) is 2.03. The van der Waals surface area contributed by atoms with Gasteiger partial charge in [-0.3, -0.25) is 9.59 Å². The van der Waals surface area contributed by atoms with Crippen LogP contribution in [0.25, 0.3) is 0 Å². The maximum Gasteiger partial charge on any atom is 0.333 e. The van der Waals surface area contributed by atoms with Crippen molar-refractivity contribution in [1.82, 2.24) is 0 Å². The third-order valence-corrected chi connectivity index (χ3v) is 2.83. The van der Waals surface area contributed by atoms with Crippen LogP contribution >= 0.6 is 0 Å². The lowest BCUT2D eigenvalue weighted by Gasteiger charge is -2.34. The number of esters is 3. The van der Waals surface area contributed by atoms with Crippen molar-refractivity contribution in [2.24, 2.45) is 0 Å². The Morgan fingerprint density at radius 2 is 1.70 bits per heavy atom. The molecule has 3 atom stereocenters. The van der Waals surface area contributed by atoms with Crippen molar-refractivity contribution in [3.05, 3.63) is 11.6 Å². The van der Waals surface area contributed by atoms with E-state index in [4.69, 9.17) is 14.2 Å². The largest absolute Gasteiger partial charge is 0.466 e. The Bertz CT molecular complexity index is 426. The van der Waals surface area contributed by atoms with E-state index in [1.165, 1.54) is 34.1 Å². The second-order valence-corrected chi connectivity index (χ2v) is 4.31. The SMILES string of the molecule is COC(=O)C1=C[C@H](OC(C)=O)[C@H](OC(C)=O)[C@@H](OC)C1. The predicted molar refractivity (Wildman–Crippen MR) is 66.6 cm³/mol. The summed E-state index contributed by atoms with van der Waals surface area (Å²) in [5.41, 5.74) is 0.314. The van der Waals surface area contributed by atoms with Gasteiger partial charge in [-0.2, -0.15) is 0 Å². The highest BCUT2D eigenvalue weighted by Gasteiger charge is 2.39. The van der Waals surface area contributed by atoms with Gasteiger partial charge in [-0.15, -0.1) is 0 Å². The smallest absolute Gasteiger partial charge is 0.333 e. The number of ether oxygens (including phenoxy) is 4. The minimum atomic E-state index is -0.885. The van der Waals surface area contributed by atoms with Crippen LogP contribution in [-0.4, -0.2) is 50.4 Å². The fourth-order valence-electron chi connectivity index (χ4n) is 2.03. The molecule has 0 saturated carbocycles. The molecule has 7 heteroatoms. The molecule has 112 valence electrons. The lowest BCUT2D eigenvalue weighted by atomic mass is 9.91. The van der Waals surface area contributed by atoms with Gasteiger partial charge < -0.3 is 18.9 Å². The van der Waals surface area contributed by atoms with Crippen LogP contribution in [0.1, 0.15) is 20.3 Å². The first-order chi connectivity index (χ1) is 9.38. The third kappa shape index (κ3) is 4.06. The highest BCUT2D eigenvalue weighted by atomic mass is 16.6. The van der Waals surface area contributed by atoms with Gasteiger partial charge in [0.15, 0.2) is 12.2 Å². The summed E-state index contributed by atoms with van der Waals surface area (Å²) in [5, 5.41) is 0. The number of hydrogen-bond donors (Lipinski definition) is 0. The van der Waals surface area contributed by atoms with Gasteiger partial charge in [-0.1, -0.05) is 0 Å². The van der Waals surface area contributed by atoms with Gasteiger partial charge in [0.2, 0.25) is 0 Å². The Morgan fingerprint density at radius 1 is 1.10 bits per heavy atom. The second kappa shape index (κ2) is 7.04. The van der Waals surface area contributed by atoms with E-state index in [-0.39, 0.29) is 6.42 Å². The molecule has 0 bridgehead atoms. The first-order valence-electron chi connectivity index (χ1n) is 6.05. The zero-order valence-electron chi connectivity index (χ0n) is 11.9. The topological polar surface area (TPSA) is 88.1 Å². The van der Waals surface area contributed by atoms with Crippen molar-refractivity contribution in [2.75, 3.05) is 14.2 Å². The monoisotopic (exact) mass is 286 g/mol. The molecule has 1 rings (SSSR count). The Hall–Kier alpha value is -1.89. The lowest BCUT2D eigenvalue weighted by Crippen LogP contribution is -2.46. The Labute approximate surface area is 116 Å². The van der Waals surface area contributed by atoms with E-state index >= 15 is 0 Å². The summed E-state index contributed by atoms with van der Waals surface area (Å²) in [6.07, 6.45) is -0.642. The first-order valence-corrected chi connectivity index (χ1v) is 6.05. The zero-order valence-corrected chi connectivity index (χ0v) is 11.9. The molecule has 0 saturated heterocycles. The van der Waals surface area contributed by atoms with Crippen LogP contribution in [0, 0.1) is 0 Å². The summed E-state index contributed by atoms with van der Waals surface area (Å²) in [6, 6.07) is 0. The third-order valence-electron chi connectivity index (χ3n) is 2.83. The van der Waals surface area contributed by atoms with Crippen molar-refractivity contribution in [2.45, 2.75) is 38.6 Å². The normalized spacial score (nSPS) is 25.4. The summed E-state index contributed by atoms with van der Waals surface area (Å²) in [7, 11) is 2.68. The minimum absolute atomic E-state index is 0.207. The number of hydrogen-bond acceptors (Lipinski definition) is 7. The molecule has 20 heavy (non-hydrogen) atoms. The first kappa shape index (κ1) is 16.2. The number of carbonyl (C=O) groups is 3. The molecular weight excluding hydrogens is 268 g/mol. The van der Waals surface area contributed by atoms with E-state index in [2.05, 4.69) is 4.74 Å². The van der Waals surface area contributed by atoms with Gasteiger partial charge in [-0.25, -0.2) is 4.79 Å². The zero-order chi connectivity index (χ0) is 15.3. The van der Waals surface area contributed by atoms with Crippen molar-refractivity contribution in [3.8, 4) is 0 Å². The summed E-state index contributed by atoms with van der Waals surface area (Å²) in [4.78, 5) is 33.9. The average molecular weight is 286 g/mol. The van der Waals surface area contributed by atoms with Gasteiger partial charge in [0.05, 0.1) is 7.11 Å². The quantitative estimate of drug-likeness (QED) is 0.545. The molecule has 1 aliphatic carbocycles. The molecule has 1 aliphatic rings. The molecule has 0 N–H and O–H groups in total. The minimum Gasteiger partial charge on any atom is -0.466 e. The highest BCUT2D eigenvalue weighted by Crippen LogP contribution is 2.27. The Balaban J connectivity index is 3.06. The number of methoxy groups -OCH3 is 2. The van der Waals surface area contributed by atoms with Gasteiger partial charge in [0, 0.05) is 33.0 Å². The molecule has 0 aromatic rings. The maximum atomic E-state index is 11.6. The summed E-state index contributed by atoms with van der Waals surface area (Å²) >= 11 is 0. The molecule has 0 fully saturated rings. The van der Waals surface area contributed by atoms with E-state index in [9.17, 15) is 14.4 Å². The van der Waals surface area contributed by atoms with Crippen LogP contribution < -0.4 is 0 Å². The van der Waals surface area contributed by atoms with Crippen LogP contribution in [0.5, 0.6) is 0 Å². The van der Waals surface area contributed by atoms with E-state index < -0.39 is 36.2 Å². The van der Waals surface area contributed by atoms with E-state index in [0.29, 0.717) is 5.57 Å². The van der Waals surface area contributed by atoms with Crippen LogP contribution in [0.2, 0.25) is 0 Å². The summed E-state index contributed by atoms with van der Waals surface area (Å²) in [5.74, 6) is -1.61. The van der Waals surface area contributed by atoms with Crippen molar-refractivity contribution in [3.63, 3.8) is 0 Å². The molecule has 0 radical (unpaired) electrons. The van der Waals surface area contributed by atoms with Gasteiger partial charge in [-0.05, 0) is 6.08 Å². The van der Waals surface area contributed by atoms with Gasteiger partial charge >= 0.3 is 17.9 Å². The lowest BCUT2D eigenvalue weighted by molar-refractivity contribution is -0.173. The number of rotatable bonds is 4. The standard InChI is InChI=1S/C13H18O7/c1-7(14)19-11-6-9(13(16)18-4)5-10(17-3)12(11)20-8(2)15/h6,10-12H,5H2,1-4H3/t10-,11-,12+/m0/s1. The molecular formula is C13H18O7. The van der Waals surface area contributed by atoms with Crippen molar-refractivity contribution in [1.29, 1.82) is 0 Å². The van der Waals surface area contributed by atoms with E-state index in [1.54, 1.807) is 0 Å². The summed E-state index contributed by atoms with van der Waals surface area (Å²) < 4.78 is 20.1. The van der Waals surface area contributed by atoms with Crippen LogP contribution in [0.3, 0.4) is 0 Å². The highest BCUT2D eigenvalue weighted by molar-refractivity contribution is 5.89. The van der Waals surface area contributed by atoms with Gasteiger partial charge in [0.25, 0.3) is 0 Å². The molecule has 7 nitrogen and oxygen atoms in total. The van der Waals surface area contributed by atoms with Crippen molar-refractivity contribution < 1.29 is 33.3 Å². The molecule has 0 amide bonds. The van der Waals surface area contributed by atoms with Crippen LogP contribution in [0.4, 0.5) is 0 Å². The molecule has 0 aromatic carbocycles. The van der Waals surface area contributed by atoms with E-state index in [1.807, 2.05) is 0 Å². The van der Waals surface area contributed by atoms with Crippen LogP contribution in [-0.2, 0) is 33.3 Å². The predicted octanol–water partition coefficient (Wildman–Crippen LogP) is 0.368. The van der Waals surface area contributed by atoms with Crippen LogP contribution in [0.15, 0.2) is 11.6 Å². The van der Waals surface area contributed by atoms with E-state index in [0.717, 1.165) is 0 Å². The Morgan fingerprint density at radius 3 is 2.15 bits per heavy atom. The molecule has 0 aromatic heterocycles. The molecule has 0 aliphatic heterocycles. The van der Waals surface area contributed by atoms with Gasteiger partial charge in [0.1, 0.15) is 6.10 Å². The maximum absolute atomic E-state index is 11.6. The average Bonchev–Trinajstić information content (AvgIpc) is 2.38. The molecule has 0 spiro atoms. The number of carbonyl (C=O) groups excluding carboxylic acids is 3.